The Morgan fingerprint density at radius 1 is 1.19 bits per heavy atom. The Morgan fingerprint density at radius 2 is 1.88 bits per heavy atom. The van der Waals surface area contributed by atoms with Crippen molar-refractivity contribution in [3.63, 3.8) is 0 Å². The van der Waals surface area contributed by atoms with Crippen molar-refractivity contribution < 1.29 is 28.4 Å². The molecule has 1 fully saturated rings. The second kappa shape index (κ2) is 10.7. The molecule has 0 radical (unpaired) electrons. The molecule has 1 aromatic heterocycles. The van der Waals surface area contributed by atoms with Crippen LogP contribution in [0.1, 0.15) is 41.8 Å². The van der Waals surface area contributed by atoms with E-state index < -0.39 is 0 Å². The molecular formula is C22H28N4O6. The first kappa shape index (κ1) is 23.2. The number of esters is 1. The predicted molar refractivity (Wildman–Crippen MR) is 113 cm³/mol. The number of likely N-dealkylation sites (N-methyl/N-ethyl adjacent to an activating group) is 1. The van der Waals surface area contributed by atoms with Gasteiger partial charge in [-0.25, -0.2) is 0 Å². The first-order valence-corrected chi connectivity index (χ1v) is 10.6. The molecule has 0 saturated carbocycles. The number of hydrogen-bond acceptors (Lipinski definition) is 8. The van der Waals surface area contributed by atoms with Crippen LogP contribution in [0.3, 0.4) is 0 Å². The van der Waals surface area contributed by atoms with E-state index in [0.29, 0.717) is 55.6 Å². The van der Waals surface area contributed by atoms with Gasteiger partial charge in [0.2, 0.25) is 17.6 Å². The van der Waals surface area contributed by atoms with Gasteiger partial charge in [-0.05, 0) is 44.0 Å². The molecule has 172 valence electrons. The van der Waals surface area contributed by atoms with Gasteiger partial charge in [-0.1, -0.05) is 5.16 Å². The number of nitrogens with zero attached hydrogens (tertiary/aromatic N) is 4. The highest BCUT2D eigenvalue weighted by Gasteiger charge is 2.29. The molecule has 0 N–H and O–H groups in total. The summed E-state index contributed by atoms with van der Waals surface area (Å²) >= 11 is 0. The molecule has 0 atom stereocenters. The maximum atomic E-state index is 12.7. The van der Waals surface area contributed by atoms with Gasteiger partial charge < -0.3 is 23.8 Å². The number of amides is 2. The number of piperidine rings is 1. The molecule has 0 spiro atoms. The lowest BCUT2D eigenvalue weighted by Crippen LogP contribution is -2.45. The topological polar surface area (TPSA) is 115 Å². The van der Waals surface area contributed by atoms with Crippen molar-refractivity contribution in [1.29, 1.82) is 0 Å². The van der Waals surface area contributed by atoms with E-state index in [1.807, 2.05) is 0 Å². The Morgan fingerprint density at radius 3 is 2.47 bits per heavy atom. The lowest BCUT2D eigenvalue weighted by Gasteiger charge is -2.32. The van der Waals surface area contributed by atoms with Gasteiger partial charge in [0.25, 0.3) is 5.91 Å². The van der Waals surface area contributed by atoms with Crippen LogP contribution in [0.5, 0.6) is 5.75 Å². The molecule has 2 aromatic rings. The third-order valence-electron chi connectivity index (χ3n) is 5.23. The molecule has 2 heterocycles. The van der Waals surface area contributed by atoms with Gasteiger partial charge in [-0.2, -0.15) is 4.98 Å². The minimum atomic E-state index is -0.264. The lowest BCUT2D eigenvalue weighted by atomic mass is 9.97. The second-order valence-corrected chi connectivity index (χ2v) is 7.61. The van der Waals surface area contributed by atoms with E-state index >= 15 is 0 Å². The van der Waals surface area contributed by atoms with Crippen LogP contribution >= 0.6 is 0 Å². The number of aryl methyl sites for hydroxylation is 1. The summed E-state index contributed by atoms with van der Waals surface area (Å²) in [6.45, 7) is 4.93. The van der Waals surface area contributed by atoms with Crippen LogP contribution in [0.15, 0.2) is 28.8 Å². The maximum Gasteiger partial charge on any atom is 0.309 e. The van der Waals surface area contributed by atoms with Gasteiger partial charge >= 0.3 is 5.97 Å². The lowest BCUT2D eigenvalue weighted by molar-refractivity contribution is -0.151. The summed E-state index contributed by atoms with van der Waals surface area (Å²) in [4.78, 5) is 44.3. The average molecular weight is 444 g/mol. The summed E-state index contributed by atoms with van der Waals surface area (Å²) in [5, 5.41) is 3.76. The molecule has 0 aliphatic carbocycles. The van der Waals surface area contributed by atoms with E-state index in [4.69, 9.17) is 14.0 Å². The number of carbonyl (C=O) groups excluding carboxylic acids is 3. The van der Waals surface area contributed by atoms with Crippen LogP contribution < -0.4 is 4.74 Å². The summed E-state index contributed by atoms with van der Waals surface area (Å²) in [5.41, 5.74) is 0.448. The average Bonchev–Trinajstić information content (AvgIpc) is 3.22. The van der Waals surface area contributed by atoms with Crippen LogP contribution in [0.25, 0.3) is 0 Å². The minimum Gasteiger partial charge on any atom is -0.485 e. The van der Waals surface area contributed by atoms with Crippen LogP contribution in [-0.2, 0) is 20.9 Å². The molecule has 0 bridgehead atoms. The predicted octanol–water partition coefficient (Wildman–Crippen LogP) is 1.83. The molecule has 1 saturated heterocycles. The largest absolute Gasteiger partial charge is 0.485 e. The van der Waals surface area contributed by atoms with Gasteiger partial charge in [-0.15, -0.1) is 0 Å². The number of carbonyl (C=O) groups is 3. The highest BCUT2D eigenvalue weighted by molar-refractivity contribution is 5.96. The summed E-state index contributed by atoms with van der Waals surface area (Å²) < 4.78 is 15.5. The molecule has 1 aliphatic rings. The van der Waals surface area contributed by atoms with E-state index in [9.17, 15) is 14.4 Å². The van der Waals surface area contributed by atoms with E-state index in [0.717, 1.165) is 0 Å². The molecule has 1 aromatic carbocycles. The SMILES string of the molecule is CCOC(=O)C1CCN(C(=O)CN(C)C(=O)c2ccc(OCc3noc(C)n3)cc2)CC1. The molecule has 32 heavy (non-hydrogen) atoms. The molecule has 0 unspecified atom stereocenters. The van der Waals surface area contributed by atoms with E-state index in [-0.39, 0.29) is 36.9 Å². The van der Waals surface area contributed by atoms with Crippen LogP contribution in [0.2, 0.25) is 0 Å². The molecule has 10 heteroatoms. The molecule has 3 rings (SSSR count). The first-order valence-electron chi connectivity index (χ1n) is 10.6. The molecule has 10 nitrogen and oxygen atoms in total. The third kappa shape index (κ3) is 6.05. The van der Waals surface area contributed by atoms with Crippen molar-refractivity contribution in [1.82, 2.24) is 19.9 Å². The van der Waals surface area contributed by atoms with Gasteiger partial charge in [-0.3, -0.25) is 14.4 Å². The van der Waals surface area contributed by atoms with Crippen LogP contribution in [-0.4, -0.2) is 71.0 Å². The number of aromatic nitrogens is 2. The Hall–Kier alpha value is -3.43. The smallest absolute Gasteiger partial charge is 0.309 e. The Balaban J connectivity index is 1.46. The number of likely N-dealkylation sites (tertiary alicyclic amines) is 1. The highest BCUT2D eigenvalue weighted by atomic mass is 16.5. The summed E-state index contributed by atoms with van der Waals surface area (Å²) in [6.07, 6.45) is 1.15. The quantitative estimate of drug-likeness (QED) is 0.567. The number of benzene rings is 1. The van der Waals surface area contributed by atoms with Crippen molar-refractivity contribution in [3.05, 3.63) is 41.5 Å². The van der Waals surface area contributed by atoms with Gasteiger partial charge in [0.05, 0.1) is 19.1 Å². The number of ether oxygens (including phenoxy) is 2. The van der Waals surface area contributed by atoms with Gasteiger partial charge in [0.1, 0.15) is 5.75 Å². The Labute approximate surface area is 186 Å². The standard InChI is InChI=1S/C22H28N4O6/c1-4-30-22(29)17-9-11-26(12-10-17)20(27)13-25(3)21(28)16-5-7-18(8-6-16)31-14-19-23-15(2)32-24-19/h5-8,17H,4,9-14H2,1-3H3. The fourth-order valence-corrected chi connectivity index (χ4v) is 3.46. The Kier molecular flexibility index (Phi) is 7.80. The summed E-state index contributed by atoms with van der Waals surface area (Å²) in [7, 11) is 1.59. The van der Waals surface area contributed by atoms with Gasteiger partial charge in [0.15, 0.2) is 6.61 Å². The zero-order chi connectivity index (χ0) is 23.1. The zero-order valence-electron chi connectivity index (χ0n) is 18.6. The number of hydrogen-bond donors (Lipinski definition) is 0. The molecule has 2 amide bonds. The normalized spacial score (nSPS) is 14.2. The maximum absolute atomic E-state index is 12.7. The minimum absolute atomic E-state index is 0.0294. The first-order chi connectivity index (χ1) is 15.4. The summed E-state index contributed by atoms with van der Waals surface area (Å²) in [6, 6.07) is 6.64. The molecule has 1 aliphatic heterocycles. The summed E-state index contributed by atoms with van der Waals surface area (Å²) in [5.74, 6) is 0.693. The van der Waals surface area contributed by atoms with E-state index in [2.05, 4.69) is 10.1 Å². The van der Waals surface area contributed by atoms with E-state index in [1.165, 1.54) is 4.90 Å². The van der Waals surface area contributed by atoms with Crippen molar-refractivity contribution in [2.45, 2.75) is 33.3 Å². The van der Waals surface area contributed by atoms with E-state index in [1.54, 1.807) is 50.1 Å². The molecular weight excluding hydrogens is 416 g/mol. The fraction of sp³-hybridized carbons (Fsp3) is 0.500. The van der Waals surface area contributed by atoms with Crippen LogP contribution in [0, 0.1) is 12.8 Å². The zero-order valence-corrected chi connectivity index (χ0v) is 18.6. The third-order valence-corrected chi connectivity index (χ3v) is 5.23. The highest BCUT2D eigenvalue weighted by Crippen LogP contribution is 2.19. The van der Waals surface area contributed by atoms with Gasteiger partial charge in [0, 0.05) is 32.6 Å². The Bertz CT molecular complexity index is 934. The van der Waals surface area contributed by atoms with Crippen molar-refractivity contribution >= 4 is 17.8 Å². The monoisotopic (exact) mass is 444 g/mol. The van der Waals surface area contributed by atoms with Crippen LogP contribution in [0.4, 0.5) is 0 Å². The fourth-order valence-electron chi connectivity index (χ4n) is 3.46. The second-order valence-electron chi connectivity index (χ2n) is 7.61. The van der Waals surface area contributed by atoms with Crippen molar-refractivity contribution in [3.8, 4) is 5.75 Å². The van der Waals surface area contributed by atoms with Crippen molar-refractivity contribution in [2.75, 3.05) is 33.3 Å². The number of rotatable bonds is 8. The van der Waals surface area contributed by atoms with Crippen molar-refractivity contribution in [2.24, 2.45) is 5.92 Å².